The number of aldehydes is 1. The van der Waals surface area contributed by atoms with E-state index in [1.54, 1.807) is 6.92 Å². The number of Topliss-reactive ketones (excluding diaryl/α,β-unsaturated/α-hetero) is 1. The molecule has 0 radical (unpaired) electrons. The summed E-state index contributed by atoms with van der Waals surface area (Å²) < 4.78 is 0. The molecule has 18 heavy (non-hydrogen) atoms. The average molecular weight is 246 g/mol. The van der Waals surface area contributed by atoms with Crippen molar-refractivity contribution in [2.24, 2.45) is 11.8 Å². The second-order valence-electron chi connectivity index (χ2n) is 5.04. The van der Waals surface area contributed by atoms with E-state index in [1.165, 1.54) is 5.56 Å². The maximum absolute atomic E-state index is 11.5. The Balaban J connectivity index is 3.03. The largest absolute Gasteiger partial charge is 0.303 e. The molecule has 1 rings (SSSR count). The highest BCUT2D eigenvalue weighted by Gasteiger charge is 2.29. The number of aryl methyl sites for hydroxylation is 1. The molecule has 0 bridgehead atoms. The van der Waals surface area contributed by atoms with Crippen LogP contribution in [-0.4, -0.2) is 12.1 Å². The summed E-state index contributed by atoms with van der Waals surface area (Å²) in [6.45, 7) is 7.51. The van der Waals surface area contributed by atoms with Gasteiger partial charge in [-0.15, -0.1) is 0 Å². The quantitative estimate of drug-likeness (QED) is 0.720. The Hall–Kier alpha value is -1.44. The first-order valence-electron chi connectivity index (χ1n) is 6.53. The molecule has 0 fully saturated rings. The van der Waals surface area contributed by atoms with Crippen LogP contribution in [0.3, 0.4) is 0 Å². The van der Waals surface area contributed by atoms with E-state index in [4.69, 9.17) is 0 Å². The molecule has 3 unspecified atom stereocenters. The smallest absolute Gasteiger partial charge is 0.133 e. The van der Waals surface area contributed by atoms with E-state index in [1.807, 2.05) is 13.8 Å². The van der Waals surface area contributed by atoms with Gasteiger partial charge in [0, 0.05) is 11.8 Å². The molecule has 0 heterocycles. The molecule has 98 valence electrons. The third-order valence-corrected chi connectivity index (χ3v) is 3.79. The van der Waals surface area contributed by atoms with Crippen LogP contribution in [0.4, 0.5) is 0 Å². The highest BCUT2D eigenvalue weighted by atomic mass is 16.1. The number of hydrogen-bond donors (Lipinski definition) is 0. The number of ketones is 1. The van der Waals surface area contributed by atoms with E-state index in [9.17, 15) is 9.59 Å². The van der Waals surface area contributed by atoms with Crippen LogP contribution in [0.25, 0.3) is 0 Å². The van der Waals surface area contributed by atoms with Crippen LogP contribution in [0.2, 0.25) is 0 Å². The molecule has 0 saturated carbocycles. The van der Waals surface area contributed by atoms with Crippen LogP contribution in [0.15, 0.2) is 24.3 Å². The molecule has 0 aliphatic rings. The lowest BCUT2D eigenvalue weighted by atomic mass is 9.76. The summed E-state index contributed by atoms with van der Waals surface area (Å²) in [6.07, 6.45) is 1.81. The lowest BCUT2D eigenvalue weighted by Crippen LogP contribution is -2.26. The molecule has 0 aliphatic carbocycles. The fourth-order valence-electron chi connectivity index (χ4n) is 2.38. The summed E-state index contributed by atoms with van der Waals surface area (Å²) >= 11 is 0. The minimum absolute atomic E-state index is 0.0812. The Bertz CT molecular complexity index is 406. The highest BCUT2D eigenvalue weighted by molar-refractivity contribution is 5.81. The van der Waals surface area contributed by atoms with Crippen LogP contribution in [-0.2, 0) is 9.59 Å². The molecule has 0 aliphatic heterocycles. The van der Waals surface area contributed by atoms with Crippen molar-refractivity contribution in [3.05, 3.63) is 35.4 Å². The van der Waals surface area contributed by atoms with Crippen LogP contribution in [0.5, 0.6) is 0 Å². The Morgan fingerprint density at radius 3 is 2.22 bits per heavy atom. The zero-order valence-corrected chi connectivity index (χ0v) is 11.6. The predicted molar refractivity (Wildman–Crippen MR) is 73.6 cm³/mol. The lowest BCUT2D eigenvalue weighted by molar-refractivity contribution is -0.126. The maximum atomic E-state index is 11.5. The predicted octanol–water partition coefficient (Wildman–Crippen LogP) is 3.53. The number of benzene rings is 1. The van der Waals surface area contributed by atoms with E-state index in [0.717, 1.165) is 18.3 Å². The number of carbonyl (C=O) groups excluding carboxylic acids is 2. The molecule has 0 N–H and O–H groups in total. The average Bonchev–Trinajstić information content (AvgIpc) is 2.36. The van der Waals surface area contributed by atoms with Crippen molar-refractivity contribution >= 4 is 12.1 Å². The third-order valence-electron chi connectivity index (χ3n) is 3.79. The van der Waals surface area contributed by atoms with Gasteiger partial charge in [-0.05, 0) is 31.7 Å². The first-order valence-corrected chi connectivity index (χ1v) is 6.53. The van der Waals surface area contributed by atoms with Gasteiger partial charge in [-0.1, -0.05) is 43.7 Å². The summed E-state index contributed by atoms with van der Waals surface area (Å²) in [5, 5.41) is 0. The molecule has 0 aromatic heterocycles. The third kappa shape index (κ3) is 3.28. The molecule has 1 aromatic carbocycles. The summed E-state index contributed by atoms with van der Waals surface area (Å²) in [5.74, 6) is -0.233. The van der Waals surface area contributed by atoms with Gasteiger partial charge in [0.15, 0.2) is 0 Å². The minimum Gasteiger partial charge on any atom is -0.303 e. The highest BCUT2D eigenvalue weighted by Crippen LogP contribution is 2.32. The number of hydrogen-bond acceptors (Lipinski definition) is 2. The van der Waals surface area contributed by atoms with Gasteiger partial charge in [-0.25, -0.2) is 0 Å². The lowest BCUT2D eigenvalue weighted by Gasteiger charge is -2.26. The van der Waals surface area contributed by atoms with Gasteiger partial charge >= 0.3 is 0 Å². The van der Waals surface area contributed by atoms with Crippen molar-refractivity contribution in [1.82, 2.24) is 0 Å². The van der Waals surface area contributed by atoms with Gasteiger partial charge in [0.05, 0.1) is 0 Å². The monoisotopic (exact) mass is 246 g/mol. The van der Waals surface area contributed by atoms with Gasteiger partial charge in [-0.3, -0.25) is 4.79 Å². The molecule has 1 aromatic rings. The topological polar surface area (TPSA) is 34.1 Å². The fraction of sp³-hybridized carbons (Fsp3) is 0.500. The Labute approximate surface area is 109 Å². The van der Waals surface area contributed by atoms with Crippen molar-refractivity contribution in [3.63, 3.8) is 0 Å². The Kier molecular flexibility index (Phi) is 5.26. The summed E-state index contributed by atoms with van der Waals surface area (Å²) in [5.41, 5.74) is 2.35. The van der Waals surface area contributed by atoms with Gasteiger partial charge in [0.25, 0.3) is 0 Å². The van der Waals surface area contributed by atoms with Crippen molar-refractivity contribution in [2.45, 2.75) is 40.0 Å². The molecule has 0 amide bonds. The second kappa shape index (κ2) is 6.48. The van der Waals surface area contributed by atoms with Crippen LogP contribution >= 0.6 is 0 Å². The van der Waals surface area contributed by atoms with Crippen LogP contribution in [0, 0.1) is 18.8 Å². The maximum Gasteiger partial charge on any atom is 0.133 e. The molecule has 0 saturated heterocycles. The van der Waals surface area contributed by atoms with Gasteiger partial charge in [0.2, 0.25) is 0 Å². The SMILES string of the molecule is CCC(c1ccc(C)cc1)C(C=O)C(C)C(C)=O. The van der Waals surface area contributed by atoms with E-state index >= 15 is 0 Å². The van der Waals surface area contributed by atoms with Crippen molar-refractivity contribution in [3.8, 4) is 0 Å². The van der Waals surface area contributed by atoms with Crippen LogP contribution in [0.1, 0.15) is 44.2 Å². The molecule has 3 atom stereocenters. The van der Waals surface area contributed by atoms with E-state index < -0.39 is 0 Å². The van der Waals surface area contributed by atoms with Crippen molar-refractivity contribution in [1.29, 1.82) is 0 Å². The standard InChI is InChI=1S/C16H22O2/c1-5-15(14-8-6-11(2)7-9-14)16(10-17)12(3)13(4)18/h6-10,12,15-16H,5H2,1-4H3. The summed E-state index contributed by atoms with van der Waals surface area (Å²) in [4.78, 5) is 22.8. The van der Waals surface area contributed by atoms with Gasteiger partial charge in [-0.2, -0.15) is 0 Å². The molecule has 0 spiro atoms. The molecular formula is C16H22O2. The van der Waals surface area contributed by atoms with E-state index in [-0.39, 0.29) is 23.5 Å². The summed E-state index contributed by atoms with van der Waals surface area (Å²) in [7, 11) is 0. The minimum atomic E-state index is -0.227. The van der Waals surface area contributed by atoms with E-state index in [0.29, 0.717) is 0 Å². The fourth-order valence-corrected chi connectivity index (χ4v) is 2.38. The van der Waals surface area contributed by atoms with Gasteiger partial charge < -0.3 is 4.79 Å². The Morgan fingerprint density at radius 2 is 1.83 bits per heavy atom. The first kappa shape index (κ1) is 14.6. The van der Waals surface area contributed by atoms with Crippen molar-refractivity contribution in [2.75, 3.05) is 0 Å². The second-order valence-corrected chi connectivity index (χ2v) is 5.04. The first-order chi connectivity index (χ1) is 8.51. The normalized spacial score (nSPS) is 15.8. The van der Waals surface area contributed by atoms with E-state index in [2.05, 4.69) is 31.2 Å². The zero-order valence-electron chi connectivity index (χ0n) is 11.6. The zero-order chi connectivity index (χ0) is 13.7. The number of carbonyl (C=O) groups is 2. The molecule has 2 nitrogen and oxygen atoms in total. The molecular weight excluding hydrogens is 224 g/mol. The van der Waals surface area contributed by atoms with Crippen LogP contribution < -0.4 is 0 Å². The van der Waals surface area contributed by atoms with Crippen molar-refractivity contribution < 1.29 is 9.59 Å². The number of rotatable bonds is 6. The Morgan fingerprint density at radius 1 is 1.28 bits per heavy atom. The van der Waals surface area contributed by atoms with Gasteiger partial charge in [0.1, 0.15) is 12.1 Å². The molecule has 2 heteroatoms. The summed E-state index contributed by atoms with van der Waals surface area (Å²) in [6, 6.07) is 8.23.